The van der Waals surface area contributed by atoms with E-state index in [0.29, 0.717) is 19.3 Å². The Kier molecular flexibility index (Phi) is 3.92. The van der Waals surface area contributed by atoms with Crippen LogP contribution in [0.2, 0.25) is 0 Å². The molecule has 0 saturated heterocycles. The summed E-state index contributed by atoms with van der Waals surface area (Å²) in [5.74, 6) is 2.56. The second-order valence-electron chi connectivity index (χ2n) is 5.73. The van der Waals surface area contributed by atoms with E-state index in [-0.39, 0.29) is 0 Å². The molecule has 1 aliphatic carbocycles. The van der Waals surface area contributed by atoms with Gasteiger partial charge in [0.2, 0.25) is 0 Å². The third-order valence-electron chi connectivity index (χ3n) is 4.29. The first-order valence-electron chi connectivity index (χ1n) is 7.45. The predicted octanol–water partition coefficient (Wildman–Crippen LogP) is 3.13. The van der Waals surface area contributed by atoms with Crippen molar-refractivity contribution in [1.82, 2.24) is 5.32 Å². The molecule has 2 atom stereocenters. The van der Waals surface area contributed by atoms with Gasteiger partial charge >= 0.3 is 0 Å². The highest BCUT2D eigenvalue weighted by atomic mass is 16.6. The monoisotopic (exact) mass is 261 g/mol. The second kappa shape index (κ2) is 5.83. The van der Waals surface area contributed by atoms with Crippen molar-refractivity contribution >= 4 is 0 Å². The standard InChI is InChI=1S/C16H23NO2/c1-12-4-2-3-5-14(12)17-11-13-6-7-15-16(10-13)19-9-8-18-15/h6-7,10,12,14,17H,2-5,8-9,11H2,1H3. The van der Waals surface area contributed by atoms with E-state index in [4.69, 9.17) is 9.47 Å². The van der Waals surface area contributed by atoms with E-state index in [9.17, 15) is 0 Å². The SMILES string of the molecule is CC1CCCCC1NCc1ccc2c(c1)OCCO2. The average Bonchev–Trinajstić information content (AvgIpc) is 2.46. The van der Waals surface area contributed by atoms with Crippen molar-refractivity contribution in [1.29, 1.82) is 0 Å². The molecule has 0 aromatic heterocycles. The summed E-state index contributed by atoms with van der Waals surface area (Å²) in [6.07, 6.45) is 5.43. The number of fused-ring (bicyclic) bond motifs is 1. The van der Waals surface area contributed by atoms with Gasteiger partial charge in [0, 0.05) is 12.6 Å². The molecule has 1 heterocycles. The number of benzene rings is 1. The van der Waals surface area contributed by atoms with Crippen LogP contribution in [0.15, 0.2) is 18.2 Å². The quantitative estimate of drug-likeness (QED) is 0.906. The zero-order chi connectivity index (χ0) is 13.1. The van der Waals surface area contributed by atoms with Crippen LogP contribution in [0.25, 0.3) is 0 Å². The van der Waals surface area contributed by atoms with Gasteiger partial charge in [0.05, 0.1) is 0 Å². The maximum atomic E-state index is 5.62. The summed E-state index contributed by atoms with van der Waals surface area (Å²) in [6.45, 7) is 4.60. The number of hydrogen-bond acceptors (Lipinski definition) is 3. The fourth-order valence-corrected chi connectivity index (χ4v) is 3.07. The summed E-state index contributed by atoms with van der Waals surface area (Å²) in [5, 5.41) is 3.70. The van der Waals surface area contributed by atoms with Gasteiger partial charge in [0.1, 0.15) is 13.2 Å². The Morgan fingerprint density at radius 1 is 1.11 bits per heavy atom. The second-order valence-corrected chi connectivity index (χ2v) is 5.73. The molecule has 0 radical (unpaired) electrons. The average molecular weight is 261 g/mol. The molecule has 3 nitrogen and oxygen atoms in total. The zero-order valence-electron chi connectivity index (χ0n) is 11.7. The topological polar surface area (TPSA) is 30.5 Å². The lowest BCUT2D eigenvalue weighted by atomic mass is 9.86. The van der Waals surface area contributed by atoms with Crippen molar-refractivity contribution in [3.63, 3.8) is 0 Å². The lowest BCUT2D eigenvalue weighted by Gasteiger charge is -2.29. The van der Waals surface area contributed by atoms with Crippen LogP contribution in [0.5, 0.6) is 11.5 Å². The Morgan fingerprint density at radius 2 is 1.89 bits per heavy atom. The third-order valence-corrected chi connectivity index (χ3v) is 4.29. The molecule has 2 unspecified atom stereocenters. The minimum Gasteiger partial charge on any atom is -0.486 e. The van der Waals surface area contributed by atoms with Gasteiger partial charge in [-0.05, 0) is 36.5 Å². The highest BCUT2D eigenvalue weighted by molar-refractivity contribution is 5.43. The summed E-state index contributed by atoms with van der Waals surface area (Å²) in [5.41, 5.74) is 1.28. The molecule has 1 aromatic carbocycles. The van der Waals surface area contributed by atoms with Crippen molar-refractivity contribution in [3.05, 3.63) is 23.8 Å². The normalized spacial score (nSPS) is 26.2. The summed E-state index contributed by atoms with van der Waals surface area (Å²) >= 11 is 0. The van der Waals surface area contributed by atoms with E-state index < -0.39 is 0 Å². The summed E-state index contributed by atoms with van der Waals surface area (Å²) in [4.78, 5) is 0. The van der Waals surface area contributed by atoms with E-state index in [2.05, 4.69) is 24.4 Å². The minimum absolute atomic E-state index is 0.656. The van der Waals surface area contributed by atoms with E-state index in [1.807, 2.05) is 6.07 Å². The number of ether oxygens (including phenoxy) is 2. The lowest BCUT2D eigenvalue weighted by Crippen LogP contribution is -2.36. The molecule has 104 valence electrons. The van der Waals surface area contributed by atoms with Crippen LogP contribution in [0, 0.1) is 5.92 Å². The summed E-state index contributed by atoms with van der Waals surface area (Å²) in [7, 11) is 0. The van der Waals surface area contributed by atoms with Crippen LogP contribution in [-0.4, -0.2) is 19.3 Å². The third kappa shape index (κ3) is 3.03. The fourth-order valence-electron chi connectivity index (χ4n) is 3.07. The number of nitrogens with one attached hydrogen (secondary N) is 1. The largest absolute Gasteiger partial charge is 0.486 e. The van der Waals surface area contributed by atoms with Crippen LogP contribution < -0.4 is 14.8 Å². The van der Waals surface area contributed by atoms with Crippen LogP contribution in [0.3, 0.4) is 0 Å². The molecule has 1 saturated carbocycles. The van der Waals surface area contributed by atoms with Gasteiger partial charge in [0.25, 0.3) is 0 Å². The molecule has 1 aliphatic heterocycles. The molecular weight excluding hydrogens is 238 g/mol. The first-order chi connectivity index (χ1) is 9.33. The van der Waals surface area contributed by atoms with Gasteiger partial charge in [-0.3, -0.25) is 0 Å². The van der Waals surface area contributed by atoms with Gasteiger partial charge in [-0.25, -0.2) is 0 Å². The molecule has 3 heteroatoms. The Hall–Kier alpha value is -1.22. The Bertz CT molecular complexity index is 433. The highest BCUT2D eigenvalue weighted by Crippen LogP contribution is 2.31. The van der Waals surface area contributed by atoms with Crippen LogP contribution >= 0.6 is 0 Å². The van der Waals surface area contributed by atoms with Crippen LogP contribution in [0.4, 0.5) is 0 Å². The van der Waals surface area contributed by atoms with Crippen molar-refractivity contribution in [2.24, 2.45) is 5.92 Å². The predicted molar refractivity (Wildman–Crippen MR) is 75.7 cm³/mol. The molecule has 1 N–H and O–H groups in total. The summed E-state index contributed by atoms with van der Waals surface area (Å²) in [6, 6.07) is 6.93. The first-order valence-corrected chi connectivity index (χ1v) is 7.45. The molecule has 2 aliphatic rings. The van der Waals surface area contributed by atoms with Gasteiger partial charge in [0.15, 0.2) is 11.5 Å². The lowest BCUT2D eigenvalue weighted by molar-refractivity contribution is 0.171. The molecule has 0 amide bonds. The molecular formula is C16H23NO2. The van der Waals surface area contributed by atoms with E-state index >= 15 is 0 Å². The van der Waals surface area contributed by atoms with Crippen molar-refractivity contribution in [2.75, 3.05) is 13.2 Å². The van der Waals surface area contributed by atoms with Gasteiger partial charge < -0.3 is 14.8 Å². The maximum absolute atomic E-state index is 5.62. The number of hydrogen-bond donors (Lipinski definition) is 1. The van der Waals surface area contributed by atoms with Gasteiger partial charge in [-0.15, -0.1) is 0 Å². The number of rotatable bonds is 3. The molecule has 1 fully saturated rings. The minimum atomic E-state index is 0.656. The van der Waals surface area contributed by atoms with Crippen LogP contribution in [-0.2, 0) is 6.54 Å². The van der Waals surface area contributed by atoms with Crippen LogP contribution in [0.1, 0.15) is 38.2 Å². The molecule has 19 heavy (non-hydrogen) atoms. The van der Waals surface area contributed by atoms with Gasteiger partial charge in [-0.2, -0.15) is 0 Å². The Morgan fingerprint density at radius 3 is 2.74 bits per heavy atom. The molecule has 1 aromatic rings. The van der Waals surface area contributed by atoms with Crippen molar-refractivity contribution < 1.29 is 9.47 Å². The molecule has 0 spiro atoms. The fraction of sp³-hybridized carbons (Fsp3) is 0.625. The van der Waals surface area contributed by atoms with Gasteiger partial charge in [-0.1, -0.05) is 25.8 Å². The van der Waals surface area contributed by atoms with E-state index in [1.165, 1.54) is 31.2 Å². The van der Waals surface area contributed by atoms with Crippen molar-refractivity contribution in [2.45, 2.75) is 45.2 Å². The van der Waals surface area contributed by atoms with Crippen molar-refractivity contribution in [3.8, 4) is 11.5 Å². The molecule has 3 rings (SSSR count). The van der Waals surface area contributed by atoms with E-state index in [1.54, 1.807) is 0 Å². The smallest absolute Gasteiger partial charge is 0.161 e. The first kappa shape index (κ1) is 12.8. The molecule has 0 bridgehead atoms. The Labute approximate surface area is 115 Å². The highest BCUT2D eigenvalue weighted by Gasteiger charge is 2.20. The maximum Gasteiger partial charge on any atom is 0.161 e. The zero-order valence-corrected chi connectivity index (χ0v) is 11.7. The van der Waals surface area contributed by atoms with E-state index in [0.717, 1.165) is 24.0 Å². The Balaban J connectivity index is 1.60. The summed E-state index contributed by atoms with van der Waals surface area (Å²) < 4.78 is 11.2.